The van der Waals surface area contributed by atoms with Crippen LogP contribution < -0.4 is 9.64 Å². The maximum absolute atomic E-state index is 13.6. The van der Waals surface area contributed by atoms with Crippen LogP contribution in [0.1, 0.15) is 53.6 Å². The first-order valence-electron chi connectivity index (χ1n) is 12.1. The molecule has 194 valence electrons. The van der Waals surface area contributed by atoms with E-state index >= 15 is 0 Å². The number of amides is 1. The standard InChI is InChI=1S/C29H26ClN3O4S/c1-14(2)18-11-19(15(3)9-22(18)37-5)26(34)24-25(17-7-6-8-31-13-17)33(28(36)27(24)35)29-32-21-12-20(30)16(4)10-23(21)38-29/h6-14,25,34H,1-5H3/b26-24+. The van der Waals surface area contributed by atoms with E-state index in [0.717, 1.165) is 15.8 Å². The Labute approximate surface area is 229 Å². The predicted octanol–water partition coefficient (Wildman–Crippen LogP) is 6.72. The predicted molar refractivity (Wildman–Crippen MR) is 150 cm³/mol. The van der Waals surface area contributed by atoms with Crippen LogP contribution in [0.3, 0.4) is 0 Å². The monoisotopic (exact) mass is 547 g/mol. The van der Waals surface area contributed by atoms with Gasteiger partial charge >= 0.3 is 5.91 Å². The number of methoxy groups -OCH3 is 1. The van der Waals surface area contributed by atoms with Crippen molar-refractivity contribution in [2.24, 2.45) is 0 Å². The summed E-state index contributed by atoms with van der Waals surface area (Å²) in [6.07, 6.45) is 3.20. The van der Waals surface area contributed by atoms with E-state index in [1.54, 1.807) is 37.7 Å². The number of aliphatic hydroxyl groups excluding tert-OH is 1. The fourth-order valence-corrected chi connectivity index (χ4v) is 5.98. The molecule has 1 aliphatic rings. The molecule has 7 nitrogen and oxygen atoms in total. The smallest absolute Gasteiger partial charge is 0.301 e. The molecular weight excluding hydrogens is 522 g/mol. The molecule has 1 aliphatic heterocycles. The first kappa shape index (κ1) is 25.9. The van der Waals surface area contributed by atoms with Crippen LogP contribution in [-0.4, -0.2) is 33.9 Å². The van der Waals surface area contributed by atoms with Crippen LogP contribution in [0.25, 0.3) is 16.0 Å². The van der Waals surface area contributed by atoms with Crippen LogP contribution in [0.4, 0.5) is 5.13 Å². The minimum absolute atomic E-state index is 0.0144. The molecule has 1 unspecified atom stereocenters. The van der Waals surface area contributed by atoms with Crippen molar-refractivity contribution in [3.63, 3.8) is 0 Å². The summed E-state index contributed by atoms with van der Waals surface area (Å²) in [5.41, 5.74) is 4.14. The molecule has 3 heterocycles. The number of aliphatic hydroxyl groups is 1. The second-order valence-corrected chi connectivity index (χ2v) is 11.0. The summed E-state index contributed by atoms with van der Waals surface area (Å²) in [5.74, 6) is -1.00. The third-order valence-corrected chi connectivity index (χ3v) is 8.19. The van der Waals surface area contributed by atoms with Gasteiger partial charge in [-0.2, -0.15) is 0 Å². The van der Waals surface area contributed by atoms with E-state index in [-0.39, 0.29) is 17.3 Å². The maximum Gasteiger partial charge on any atom is 0.301 e. The fraction of sp³-hybridized carbons (Fsp3) is 0.241. The molecule has 1 saturated heterocycles. The van der Waals surface area contributed by atoms with E-state index in [4.69, 9.17) is 16.3 Å². The average molecular weight is 548 g/mol. The van der Waals surface area contributed by atoms with Gasteiger partial charge in [0.2, 0.25) is 0 Å². The molecule has 9 heteroatoms. The third kappa shape index (κ3) is 4.23. The zero-order chi connectivity index (χ0) is 27.3. The number of anilines is 1. The van der Waals surface area contributed by atoms with Gasteiger partial charge in [-0.05, 0) is 72.4 Å². The number of fused-ring (bicyclic) bond motifs is 1. The Morgan fingerprint density at radius 2 is 1.92 bits per heavy atom. The Morgan fingerprint density at radius 3 is 2.58 bits per heavy atom. The summed E-state index contributed by atoms with van der Waals surface area (Å²) in [6.45, 7) is 7.77. The van der Waals surface area contributed by atoms with Crippen LogP contribution >= 0.6 is 22.9 Å². The number of halogens is 1. The molecular formula is C29H26ClN3O4S. The van der Waals surface area contributed by atoms with Crippen molar-refractivity contribution in [2.45, 2.75) is 39.7 Å². The number of benzene rings is 2. The number of carbonyl (C=O) groups excluding carboxylic acids is 2. The molecule has 2 aromatic carbocycles. The van der Waals surface area contributed by atoms with Crippen LogP contribution in [0.2, 0.25) is 5.02 Å². The largest absolute Gasteiger partial charge is 0.507 e. The maximum atomic E-state index is 13.6. The van der Waals surface area contributed by atoms with E-state index in [1.807, 2.05) is 45.9 Å². The molecule has 4 aromatic rings. The number of hydrogen-bond donors (Lipinski definition) is 1. The minimum atomic E-state index is -0.912. The molecule has 0 aliphatic carbocycles. The Kier molecular flexibility index (Phi) is 6.71. The molecule has 5 rings (SSSR count). The summed E-state index contributed by atoms with van der Waals surface area (Å²) < 4.78 is 6.38. The number of hydrogen-bond acceptors (Lipinski definition) is 7. The van der Waals surface area contributed by atoms with Gasteiger partial charge in [-0.15, -0.1) is 0 Å². The highest BCUT2D eigenvalue weighted by Gasteiger charge is 2.48. The van der Waals surface area contributed by atoms with Gasteiger partial charge in [0.05, 0.1) is 28.9 Å². The SMILES string of the molecule is COc1cc(C)c(/C(O)=C2\C(=O)C(=O)N(c3nc4cc(Cl)c(C)cc4s3)C2c2cccnc2)cc1C(C)C. The lowest BCUT2D eigenvalue weighted by Crippen LogP contribution is -2.29. The number of rotatable bonds is 5. The summed E-state index contributed by atoms with van der Waals surface area (Å²) in [4.78, 5) is 37.3. The molecule has 38 heavy (non-hydrogen) atoms. The van der Waals surface area contributed by atoms with Gasteiger partial charge < -0.3 is 9.84 Å². The number of pyridine rings is 1. The topological polar surface area (TPSA) is 92.6 Å². The van der Waals surface area contributed by atoms with E-state index in [2.05, 4.69) is 9.97 Å². The minimum Gasteiger partial charge on any atom is -0.507 e. The van der Waals surface area contributed by atoms with Crippen molar-refractivity contribution in [3.8, 4) is 5.75 Å². The second-order valence-electron chi connectivity index (χ2n) is 9.58. The summed E-state index contributed by atoms with van der Waals surface area (Å²) >= 11 is 7.60. The zero-order valence-electron chi connectivity index (χ0n) is 21.6. The van der Waals surface area contributed by atoms with E-state index in [9.17, 15) is 14.7 Å². The van der Waals surface area contributed by atoms with Crippen LogP contribution in [0, 0.1) is 13.8 Å². The third-order valence-electron chi connectivity index (χ3n) is 6.76. The first-order chi connectivity index (χ1) is 18.1. The molecule has 2 aromatic heterocycles. The van der Waals surface area contributed by atoms with Crippen LogP contribution in [0.5, 0.6) is 5.75 Å². The van der Waals surface area contributed by atoms with Crippen molar-refractivity contribution in [1.82, 2.24) is 9.97 Å². The Balaban J connectivity index is 1.75. The van der Waals surface area contributed by atoms with Gasteiger partial charge in [-0.1, -0.05) is 42.9 Å². The Morgan fingerprint density at radius 1 is 1.16 bits per heavy atom. The van der Waals surface area contributed by atoms with E-state index in [0.29, 0.717) is 38.1 Å². The van der Waals surface area contributed by atoms with Gasteiger partial charge in [0.15, 0.2) is 5.13 Å². The molecule has 1 atom stereocenters. The van der Waals surface area contributed by atoms with Crippen LogP contribution in [0.15, 0.2) is 54.4 Å². The number of thiazole rings is 1. The Bertz CT molecular complexity index is 1590. The fourth-order valence-electron chi connectivity index (χ4n) is 4.75. The number of Topliss-reactive ketones (excluding diaryl/α,β-unsaturated/α-hetero) is 1. The number of nitrogens with zero attached hydrogens (tertiary/aromatic N) is 3. The van der Waals surface area contributed by atoms with E-state index in [1.165, 1.54) is 16.2 Å². The van der Waals surface area contributed by atoms with Gasteiger partial charge in [-0.25, -0.2) is 4.98 Å². The lowest BCUT2D eigenvalue weighted by Gasteiger charge is -2.23. The van der Waals surface area contributed by atoms with Crippen molar-refractivity contribution in [1.29, 1.82) is 0 Å². The molecule has 0 radical (unpaired) electrons. The number of aryl methyl sites for hydroxylation is 2. The molecule has 1 N–H and O–H groups in total. The number of carbonyl (C=O) groups is 2. The van der Waals surface area contributed by atoms with Crippen molar-refractivity contribution in [3.05, 3.63) is 87.2 Å². The van der Waals surface area contributed by atoms with Crippen molar-refractivity contribution >= 4 is 55.7 Å². The summed E-state index contributed by atoms with van der Waals surface area (Å²) in [5, 5.41) is 12.6. The molecule has 1 fully saturated rings. The normalized spacial score (nSPS) is 17.1. The lowest BCUT2D eigenvalue weighted by atomic mass is 9.91. The summed E-state index contributed by atoms with van der Waals surface area (Å²) in [7, 11) is 1.60. The summed E-state index contributed by atoms with van der Waals surface area (Å²) in [6, 6.07) is 9.90. The van der Waals surface area contributed by atoms with Crippen molar-refractivity contribution in [2.75, 3.05) is 12.0 Å². The number of ketones is 1. The van der Waals surface area contributed by atoms with Crippen LogP contribution in [-0.2, 0) is 9.59 Å². The van der Waals surface area contributed by atoms with E-state index < -0.39 is 17.7 Å². The van der Waals surface area contributed by atoms with Gasteiger partial charge in [-0.3, -0.25) is 19.5 Å². The number of ether oxygens (including phenoxy) is 1. The Hall–Kier alpha value is -3.75. The lowest BCUT2D eigenvalue weighted by molar-refractivity contribution is -0.132. The first-order valence-corrected chi connectivity index (χ1v) is 13.3. The molecule has 1 amide bonds. The highest BCUT2D eigenvalue weighted by atomic mass is 35.5. The highest BCUT2D eigenvalue weighted by molar-refractivity contribution is 7.22. The quantitative estimate of drug-likeness (QED) is 0.169. The molecule has 0 saturated carbocycles. The van der Waals surface area contributed by atoms with Gasteiger partial charge in [0, 0.05) is 23.0 Å². The second kappa shape index (κ2) is 9.85. The molecule has 0 bridgehead atoms. The van der Waals surface area contributed by atoms with Crippen molar-refractivity contribution < 1.29 is 19.4 Å². The van der Waals surface area contributed by atoms with Gasteiger partial charge in [0.1, 0.15) is 11.5 Å². The highest BCUT2D eigenvalue weighted by Crippen LogP contribution is 2.45. The zero-order valence-corrected chi connectivity index (χ0v) is 23.1. The van der Waals surface area contributed by atoms with Gasteiger partial charge in [0.25, 0.3) is 5.78 Å². The molecule has 0 spiro atoms. The average Bonchev–Trinajstić information content (AvgIpc) is 3.41. The number of aromatic nitrogens is 2.